The summed E-state index contributed by atoms with van der Waals surface area (Å²) in [4.78, 5) is 17.2. The van der Waals surface area contributed by atoms with Crippen LogP contribution in [0.25, 0.3) is 16.7 Å². The summed E-state index contributed by atoms with van der Waals surface area (Å²) in [6.07, 6.45) is 1.56. The second-order valence-corrected chi connectivity index (χ2v) is 7.47. The van der Waals surface area contributed by atoms with Crippen LogP contribution in [0, 0.1) is 6.92 Å². The molecule has 0 saturated carbocycles. The third-order valence-corrected chi connectivity index (χ3v) is 5.16. The fourth-order valence-electron chi connectivity index (χ4n) is 2.93. The minimum absolute atomic E-state index is 0.264. The molecule has 0 unspecified atom stereocenters. The third kappa shape index (κ3) is 3.24. The number of benzene rings is 2. The predicted octanol–water partition coefficient (Wildman–Crippen LogP) is 4.74. The summed E-state index contributed by atoms with van der Waals surface area (Å²) in [6.45, 7) is 1.86. The van der Waals surface area contributed by atoms with E-state index in [9.17, 15) is 4.79 Å². The molecule has 0 fully saturated rings. The molecule has 0 bridgehead atoms. The highest BCUT2D eigenvalue weighted by atomic mass is 79.9. The summed E-state index contributed by atoms with van der Waals surface area (Å²) in [5, 5.41) is 7.81. The molecule has 1 amide bonds. The lowest BCUT2D eigenvalue weighted by Gasteiger charge is -2.07. The zero-order chi connectivity index (χ0) is 19.1. The number of aryl methyl sites for hydroxylation is 1. The highest BCUT2D eigenvalue weighted by Gasteiger charge is 2.18. The molecule has 4 rings (SSSR count). The maximum Gasteiger partial charge on any atom is 0.261 e. The number of nitrogens with one attached hydrogen (secondary N) is 1. The minimum Gasteiger partial charge on any atom is -0.313 e. The van der Waals surface area contributed by atoms with Crippen molar-refractivity contribution < 1.29 is 4.79 Å². The van der Waals surface area contributed by atoms with Crippen molar-refractivity contribution in [3.63, 3.8) is 0 Å². The van der Waals surface area contributed by atoms with Gasteiger partial charge in [-0.05, 0) is 49.4 Å². The van der Waals surface area contributed by atoms with Crippen molar-refractivity contribution in [1.29, 1.82) is 0 Å². The van der Waals surface area contributed by atoms with Gasteiger partial charge in [-0.3, -0.25) is 10.1 Å². The van der Waals surface area contributed by atoms with Crippen molar-refractivity contribution in [3.8, 4) is 5.69 Å². The van der Waals surface area contributed by atoms with Crippen molar-refractivity contribution >= 4 is 50.4 Å². The van der Waals surface area contributed by atoms with E-state index in [0.29, 0.717) is 16.5 Å². The third-order valence-electron chi connectivity index (χ3n) is 4.39. The van der Waals surface area contributed by atoms with Crippen LogP contribution < -0.4 is 5.32 Å². The molecule has 8 heteroatoms. The molecule has 1 N–H and O–H groups in total. The normalized spacial score (nSPS) is 11.1. The van der Waals surface area contributed by atoms with Crippen molar-refractivity contribution in [3.05, 3.63) is 69.4 Å². The summed E-state index contributed by atoms with van der Waals surface area (Å²) >= 11 is 9.44. The van der Waals surface area contributed by atoms with E-state index in [0.717, 1.165) is 26.9 Å². The molecule has 4 aromatic rings. The molecule has 0 aliphatic carbocycles. The van der Waals surface area contributed by atoms with E-state index in [2.05, 4.69) is 31.3 Å². The first-order valence-corrected chi connectivity index (χ1v) is 9.35. The fourth-order valence-corrected chi connectivity index (χ4v) is 3.36. The molecule has 0 aliphatic rings. The van der Waals surface area contributed by atoms with Gasteiger partial charge in [-0.15, -0.1) is 0 Å². The van der Waals surface area contributed by atoms with Gasteiger partial charge in [0.25, 0.3) is 5.91 Å². The van der Waals surface area contributed by atoms with E-state index in [1.165, 1.54) is 0 Å². The lowest BCUT2D eigenvalue weighted by atomic mass is 10.2. The quantitative estimate of drug-likeness (QED) is 0.496. The predicted molar refractivity (Wildman–Crippen MR) is 110 cm³/mol. The van der Waals surface area contributed by atoms with E-state index in [4.69, 9.17) is 11.6 Å². The summed E-state index contributed by atoms with van der Waals surface area (Å²) in [6, 6.07) is 13.2. The van der Waals surface area contributed by atoms with Crippen molar-refractivity contribution in [2.24, 2.45) is 7.05 Å². The second-order valence-electron chi connectivity index (χ2n) is 6.11. The van der Waals surface area contributed by atoms with Crippen LogP contribution in [-0.2, 0) is 7.05 Å². The van der Waals surface area contributed by atoms with Crippen molar-refractivity contribution in [2.45, 2.75) is 6.92 Å². The van der Waals surface area contributed by atoms with Gasteiger partial charge in [-0.25, -0.2) is 9.67 Å². The van der Waals surface area contributed by atoms with Gasteiger partial charge in [-0.2, -0.15) is 5.10 Å². The number of carbonyl (C=O) groups excluding carboxylic acids is 1. The Balaban J connectivity index is 1.64. The van der Waals surface area contributed by atoms with Crippen LogP contribution in [0.1, 0.15) is 16.1 Å². The molecule has 136 valence electrons. The zero-order valence-electron chi connectivity index (χ0n) is 14.6. The first-order valence-electron chi connectivity index (χ1n) is 8.18. The Kier molecular flexibility index (Phi) is 4.49. The minimum atomic E-state index is -0.264. The Labute approximate surface area is 168 Å². The molecule has 0 aliphatic heterocycles. The molecular weight excluding hydrogens is 430 g/mol. The van der Waals surface area contributed by atoms with E-state index in [1.807, 2.05) is 48.9 Å². The van der Waals surface area contributed by atoms with Crippen LogP contribution in [-0.4, -0.2) is 25.2 Å². The molecular formula is C19H15BrClN5O. The first kappa shape index (κ1) is 17.8. The lowest BCUT2D eigenvalue weighted by Crippen LogP contribution is -2.16. The topological polar surface area (TPSA) is 64.7 Å². The number of hydrogen-bond acceptors (Lipinski definition) is 3. The van der Waals surface area contributed by atoms with E-state index in [-0.39, 0.29) is 5.91 Å². The Bertz CT molecular complexity index is 1160. The highest BCUT2D eigenvalue weighted by molar-refractivity contribution is 9.10. The number of aromatic nitrogens is 4. The average molecular weight is 445 g/mol. The second kappa shape index (κ2) is 6.83. The van der Waals surface area contributed by atoms with Crippen LogP contribution in [0.2, 0.25) is 5.02 Å². The van der Waals surface area contributed by atoms with Gasteiger partial charge in [-0.1, -0.05) is 27.5 Å². The number of fused-ring (bicyclic) bond motifs is 1. The zero-order valence-corrected chi connectivity index (χ0v) is 16.9. The first-order chi connectivity index (χ1) is 12.9. The van der Waals surface area contributed by atoms with Gasteiger partial charge in [0, 0.05) is 16.5 Å². The molecule has 27 heavy (non-hydrogen) atoms. The van der Waals surface area contributed by atoms with E-state index < -0.39 is 0 Å². The number of amides is 1. The molecule has 6 nitrogen and oxygen atoms in total. The van der Waals surface area contributed by atoms with Crippen molar-refractivity contribution in [1.82, 2.24) is 19.3 Å². The number of halogens is 2. The molecule has 0 spiro atoms. The highest BCUT2D eigenvalue weighted by Crippen LogP contribution is 2.23. The fraction of sp³-hybridized carbons (Fsp3) is 0.105. The molecule has 2 aromatic carbocycles. The maximum absolute atomic E-state index is 12.8. The van der Waals surface area contributed by atoms with Crippen LogP contribution in [0.4, 0.5) is 5.95 Å². The number of imidazole rings is 1. The number of carbonyl (C=O) groups is 1. The SMILES string of the molecule is Cc1c(C(=O)Nc2nc3cc(Cl)ccc3n2C)cnn1-c1ccc(Br)cc1. The molecule has 0 atom stereocenters. The summed E-state index contributed by atoms with van der Waals surface area (Å²) in [7, 11) is 1.84. The molecule has 2 aromatic heterocycles. The largest absolute Gasteiger partial charge is 0.313 e. The lowest BCUT2D eigenvalue weighted by molar-refractivity contribution is 0.102. The number of nitrogens with zero attached hydrogens (tertiary/aromatic N) is 4. The Hall–Kier alpha value is -2.64. The Morgan fingerprint density at radius 1 is 1.19 bits per heavy atom. The smallest absolute Gasteiger partial charge is 0.261 e. The average Bonchev–Trinajstić information content (AvgIpc) is 3.16. The van der Waals surface area contributed by atoms with E-state index >= 15 is 0 Å². The van der Waals surface area contributed by atoms with Gasteiger partial charge >= 0.3 is 0 Å². The van der Waals surface area contributed by atoms with Crippen LogP contribution in [0.3, 0.4) is 0 Å². The van der Waals surface area contributed by atoms with Gasteiger partial charge in [0.05, 0.1) is 34.2 Å². The van der Waals surface area contributed by atoms with Crippen LogP contribution in [0.5, 0.6) is 0 Å². The van der Waals surface area contributed by atoms with Gasteiger partial charge in [0.2, 0.25) is 5.95 Å². The van der Waals surface area contributed by atoms with Gasteiger partial charge < -0.3 is 4.57 Å². The monoisotopic (exact) mass is 443 g/mol. The van der Waals surface area contributed by atoms with Crippen molar-refractivity contribution in [2.75, 3.05) is 5.32 Å². The number of hydrogen-bond donors (Lipinski definition) is 1. The number of anilines is 1. The standard InChI is InChI=1S/C19H15BrClN5O/c1-11-15(10-22-26(11)14-6-3-12(20)4-7-14)18(27)24-19-23-16-9-13(21)5-8-17(16)25(19)2/h3-10H,1-2H3,(H,23,24,27). The van der Waals surface area contributed by atoms with Gasteiger partial charge in [0.1, 0.15) is 0 Å². The van der Waals surface area contributed by atoms with Crippen LogP contribution in [0.15, 0.2) is 53.1 Å². The van der Waals surface area contributed by atoms with Crippen LogP contribution >= 0.6 is 27.5 Å². The summed E-state index contributed by atoms with van der Waals surface area (Å²) in [5.41, 5.74) is 3.73. The molecule has 2 heterocycles. The Morgan fingerprint density at radius 2 is 1.93 bits per heavy atom. The molecule has 0 saturated heterocycles. The molecule has 0 radical (unpaired) electrons. The number of rotatable bonds is 3. The summed E-state index contributed by atoms with van der Waals surface area (Å²) in [5.74, 6) is 0.188. The summed E-state index contributed by atoms with van der Waals surface area (Å²) < 4.78 is 4.53. The maximum atomic E-state index is 12.8. The van der Waals surface area contributed by atoms with Gasteiger partial charge in [0.15, 0.2) is 0 Å². The Morgan fingerprint density at radius 3 is 2.67 bits per heavy atom. The van der Waals surface area contributed by atoms with E-state index in [1.54, 1.807) is 23.0 Å².